The van der Waals surface area contributed by atoms with Gasteiger partial charge in [-0.15, -0.1) is 11.3 Å². The summed E-state index contributed by atoms with van der Waals surface area (Å²) in [6, 6.07) is 6.27. The lowest BCUT2D eigenvalue weighted by atomic mass is 9.75. The second-order valence-electron chi connectivity index (χ2n) is 11.2. The molecule has 6 nitrogen and oxygen atoms in total. The van der Waals surface area contributed by atoms with Crippen molar-refractivity contribution in [3.05, 3.63) is 45.9 Å². The standard InChI is InChI=1S/C28H28ClF3N4O2S/c29-17-9-16-3-1-8-35(18-12-27(34-13-18)5-2-6-27)24(16)21(10-17)20-4-7-33-22-11-19(39-25(20)22)14-36-23(28(30,31)32)15-38-26(36)37/h4,7,9-11,18,23,34H,1-3,5-6,8,12-15H2. The van der Waals surface area contributed by atoms with Crippen LogP contribution in [0.25, 0.3) is 21.3 Å². The first kappa shape index (κ1) is 25.4. The van der Waals surface area contributed by atoms with Crippen molar-refractivity contribution in [3.63, 3.8) is 0 Å². The van der Waals surface area contributed by atoms with Crippen molar-refractivity contribution >= 4 is 44.9 Å². The van der Waals surface area contributed by atoms with Crippen molar-refractivity contribution in [2.45, 2.75) is 68.9 Å². The minimum Gasteiger partial charge on any atom is -0.447 e. The minimum atomic E-state index is -4.55. The van der Waals surface area contributed by atoms with Crippen molar-refractivity contribution in [1.82, 2.24) is 15.2 Å². The number of halogens is 4. The van der Waals surface area contributed by atoms with E-state index in [1.165, 1.54) is 41.9 Å². The van der Waals surface area contributed by atoms with Crippen LogP contribution < -0.4 is 10.2 Å². The number of amides is 1. The fourth-order valence-electron chi connectivity index (χ4n) is 6.78. The molecule has 3 aromatic rings. The molecule has 1 N–H and O–H groups in total. The first-order chi connectivity index (χ1) is 18.7. The number of rotatable bonds is 4. The Morgan fingerprint density at radius 3 is 2.79 bits per heavy atom. The number of carbonyl (C=O) groups excluding carboxylic acids is 1. The maximum absolute atomic E-state index is 13.5. The summed E-state index contributed by atoms with van der Waals surface area (Å²) in [5.74, 6) is 0. The lowest BCUT2D eigenvalue weighted by Gasteiger charge is -2.41. The number of cyclic esters (lactones) is 1. The number of benzene rings is 1. The number of alkyl halides is 3. The molecule has 1 amide bonds. The number of aromatic nitrogens is 1. The zero-order valence-electron chi connectivity index (χ0n) is 21.2. The molecule has 206 valence electrons. The van der Waals surface area contributed by atoms with E-state index in [4.69, 9.17) is 16.3 Å². The van der Waals surface area contributed by atoms with Crippen molar-refractivity contribution in [2.24, 2.45) is 0 Å². The van der Waals surface area contributed by atoms with E-state index >= 15 is 0 Å². The highest BCUT2D eigenvalue weighted by Gasteiger charge is 2.51. The lowest BCUT2D eigenvalue weighted by Crippen LogP contribution is -2.46. The summed E-state index contributed by atoms with van der Waals surface area (Å²) < 4.78 is 46.1. The number of aryl methyl sites for hydroxylation is 1. The highest BCUT2D eigenvalue weighted by atomic mass is 35.5. The van der Waals surface area contributed by atoms with Crippen LogP contribution in [0.4, 0.5) is 23.7 Å². The molecular formula is C28H28ClF3N4O2S. The number of nitrogens with one attached hydrogen (secondary N) is 1. The van der Waals surface area contributed by atoms with E-state index in [2.05, 4.69) is 21.3 Å². The van der Waals surface area contributed by atoms with Gasteiger partial charge in [-0.2, -0.15) is 13.2 Å². The monoisotopic (exact) mass is 576 g/mol. The van der Waals surface area contributed by atoms with Gasteiger partial charge in [0, 0.05) is 57.6 Å². The molecule has 2 aromatic heterocycles. The number of hydrogen-bond acceptors (Lipinski definition) is 6. The van der Waals surface area contributed by atoms with E-state index in [-0.39, 0.29) is 12.1 Å². The van der Waals surface area contributed by atoms with Gasteiger partial charge in [-0.3, -0.25) is 9.88 Å². The van der Waals surface area contributed by atoms with Crippen LogP contribution in [0.3, 0.4) is 0 Å². The summed E-state index contributed by atoms with van der Waals surface area (Å²) in [6.45, 7) is 1.07. The summed E-state index contributed by atoms with van der Waals surface area (Å²) in [5, 5.41) is 4.47. The molecule has 2 saturated heterocycles. The van der Waals surface area contributed by atoms with Crippen LogP contribution in [-0.4, -0.2) is 59.5 Å². The van der Waals surface area contributed by atoms with Gasteiger partial charge in [-0.1, -0.05) is 11.6 Å². The van der Waals surface area contributed by atoms with E-state index < -0.39 is 24.9 Å². The SMILES string of the molecule is O=C1OCC(C(F)(F)F)N1Cc1cc2nccc(-c3cc(Cl)cc4c3N(C3CNC5(CCC5)C3)CCC4)c2s1. The zero-order valence-corrected chi connectivity index (χ0v) is 22.8. The second kappa shape index (κ2) is 9.24. The molecule has 39 heavy (non-hydrogen) atoms. The number of ether oxygens (including phenoxy) is 1. The number of hydrogen-bond donors (Lipinski definition) is 1. The quantitative estimate of drug-likeness (QED) is 0.382. The molecule has 3 aliphatic heterocycles. The van der Waals surface area contributed by atoms with Crippen molar-refractivity contribution in [2.75, 3.05) is 24.6 Å². The number of carbonyl (C=O) groups is 1. The van der Waals surface area contributed by atoms with Gasteiger partial charge < -0.3 is 15.0 Å². The molecular weight excluding hydrogens is 549 g/mol. The average molecular weight is 577 g/mol. The Balaban J connectivity index is 1.28. The highest BCUT2D eigenvalue weighted by molar-refractivity contribution is 7.19. The molecule has 1 aromatic carbocycles. The van der Waals surface area contributed by atoms with Gasteiger partial charge in [0.1, 0.15) is 6.61 Å². The second-order valence-corrected chi connectivity index (χ2v) is 12.8. The predicted octanol–water partition coefficient (Wildman–Crippen LogP) is 6.54. The Labute approximate surface area is 233 Å². The fourth-order valence-corrected chi connectivity index (χ4v) is 8.17. The summed E-state index contributed by atoms with van der Waals surface area (Å²) in [6.07, 6.45) is 3.14. The Kier molecular flexibility index (Phi) is 6.02. The molecule has 11 heteroatoms. The molecule has 1 aliphatic carbocycles. The number of pyridine rings is 1. The van der Waals surface area contributed by atoms with Crippen molar-refractivity contribution < 1.29 is 22.7 Å². The maximum atomic E-state index is 13.5. The van der Waals surface area contributed by atoms with E-state index in [1.807, 2.05) is 12.1 Å². The number of fused-ring (bicyclic) bond motifs is 2. The molecule has 7 rings (SSSR count). The normalized spacial score (nSPS) is 24.4. The highest BCUT2D eigenvalue weighted by Crippen LogP contribution is 2.47. The van der Waals surface area contributed by atoms with E-state index in [0.29, 0.717) is 21.5 Å². The van der Waals surface area contributed by atoms with Gasteiger partial charge in [0.05, 0.1) is 16.8 Å². The van der Waals surface area contributed by atoms with Crippen molar-refractivity contribution in [1.29, 1.82) is 0 Å². The average Bonchev–Trinajstić information content (AvgIpc) is 3.59. The zero-order chi connectivity index (χ0) is 26.9. The minimum absolute atomic E-state index is 0.181. The third kappa shape index (κ3) is 4.35. The fraction of sp³-hybridized carbons (Fsp3) is 0.500. The molecule has 2 atom stereocenters. The van der Waals surface area contributed by atoms with Crippen LogP contribution in [0.2, 0.25) is 5.02 Å². The van der Waals surface area contributed by atoms with Crippen LogP contribution in [0.1, 0.15) is 42.5 Å². The van der Waals surface area contributed by atoms with Crippen LogP contribution >= 0.6 is 22.9 Å². The van der Waals surface area contributed by atoms with Gasteiger partial charge in [-0.05, 0) is 68.4 Å². The van der Waals surface area contributed by atoms with Crippen LogP contribution in [-0.2, 0) is 17.7 Å². The Hall–Kier alpha value is -2.56. The molecule has 3 fully saturated rings. The van der Waals surface area contributed by atoms with Crippen LogP contribution in [0.15, 0.2) is 30.5 Å². The summed E-state index contributed by atoms with van der Waals surface area (Å²) >= 11 is 8.02. The third-order valence-corrected chi connectivity index (χ3v) is 10.2. The Morgan fingerprint density at radius 1 is 1.21 bits per heavy atom. The molecule has 4 aliphatic rings. The number of anilines is 1. The van der Waals surface area contributed by atoms with Gasteiger partial charge in [0.15, 0.2) is 6.04 Å². The molecule has 5 heterocycles. The largest absolute Gasteiger partial charge is 0.447 e. The van der Waals surface area contributed by atoms with Gasteiger partial charge in [0.2, 0.25) is 0 Å². The van der Waals surface area contributed by atoms with Gasteiger partial charge in [-0.25, -0.2) is 4.79 Å². The lowest BCUT2D eigenvalue weighted by molar-refractivity contribution is -0.171. The van der Waals surface area contributed by atoms with E-state index in [9.17, 15) is 18.0 Å². The van der Waals surface area contributed by atoms with Crippen molar-refractivity contribution in [3.8, 4) is 11.1 Å². The smallest absolute Gasteiger partial charge is 0.412 e. The number of nitrogens with zero attached hydrogens (tertiary/aromatic N) is 3. The molecule has 1 saturated carbocycles. The van der Waals surface area contributed by atoms with Gasteiger partial charge in [0.25, 0.3) is 0 Å². The number of thiophene rings is 1. The summed E-state index contributed by atoms with van der Waals surface area (Å²) in [5.41, 5.74) is 5.40. The molecule has 0 radical (unpaired) electrons. The van der Waals surface area contributed by atoms with E-state index in [0.717, 1.165) is 53.1 Å². The third-order valence-electron chi connectivity index (χ3n) is 8.81. The first-order valence-corrected chi connectivity index (χ1v) is 14.6. The van der Waals surface area contributed by atoms with Gasteiger partial charge >= 0.3 is 12.3 Å². The Bertz CT molecular complexity index is 1460. The van der Waals surface area contributed by atoms with Crippen LogP contribution in [0.5, 0.6) is 0 Å². The summed E-state index contributed by atoms with van der Waals surface area (Å²) in [7, 11) is 0. The predicted molar refractivity (Wildman–Crippen MR) is 145 cm³/mol. The molecule has 0 bridgehead atoms. The maximum Gasteiger partial charge on any atom is 0.412 e. The molecule has 1 spiro atoms. The topological polar surface area (TPSA) is 57.7 Å². The van der Waals surface area contributed by atoms with E-state index in [1.54, 1.807) is 12.3 Å². The Morgan fingerprint density at radius 2 is 2.05 bits per heavy atom. The molecule has 2 unspecified atom stereocenters. The van der Waals surface area contributed by atoms with Crippen LogP contribution in [0, 0.1) is 0 Å². The summed E-state index contributed by atoms with van der Waals surface area (Å²) in [4.78, 5) is 20.6. The first-order valence-electron chi connectivity index (χ1n) is 13.4.